The van der Waals surface area contributed by atoms with E-state index in [1.807, 2.05) is 0 Å². The molecule has 0 radical (unpaired) electrons. The van der Waals surface area contributed by atoms with Crippen LogP contribution in [0.25, 0.3) is 0 Å². The van der Waals surface area contributed by atoms with Gasteiger partial charge < -0.3 is 15.2 Å². The molecular formula is C11H23NO3. The largest absolute Gasteiger partial charge is 0.389 e. The van der Waals surface area contributed by atoms with E-state index in [1.165, 1.54) is 20.0 Å². The molecule has 0 aliphatic heterocycles. The van der Waals surface area contributed by atoms with Crippen LogP contribution in [0.2, 0.25) is 0 Å². The molecule has 0 aliphatic carbocycles. The van der Waals surface area contributed by atoms with Gasteiger partial charge in [-0.3, -0.25) is 4.79 Å². The van der Waals surface area contributed by atoms with Gasteiger partial charge in [-0.2, -0.15) is 0 Å². The molecule has 4 nitrogen and oxygen atoms in total. The first kappa shape index (κ1) is 14.4. The second-order valence-corrected chi connectivity index (χ2v) is 3.72. The summed E-state index contributed by atoms with van der Waals surface area (Å²) < 4.78 is 4.75. The van der Waals surface area contributed by atoms with E-state index >= 15 is 0 Å². The van der Waals surface area contributed by atoms with Gasteiger partial charge >= 0.3 is 0 Å². The molecule has 0 spiro atoms. The molecule has 0 bridgehead atoms. The van der Waals surface area contributed by atoms with Crippen LogP contribution in [0.15, 0.2) is 0 Å². The Morgan fingerprint density at radius 3 is 2.73 bits per heavy atom. The average Bonchev–Trinajstić information content (AvgIpc) is 2.22. The second kappa shape index (κ2) is 9.93. The van der Waals surface area contributed by atoms with Gasteiger partial charge in [-0.25, -0.2) is 0 Å². The van der Waals surface area contributed by atoms with Crippen LogP contribution in [0.4, 0.5) is 0 Å². The molecule has 0 rings (SSSR count). The summed E-state index contributed by atoms with van der Waals surface area (Å²) >= 11 is 0. The van der Waals surface area contributed by atoms with Gasteiger partial charge in [-0.05, 0) is 6.42 Å². The molecule has 2 N–H and O–H groups in total. The minimum atomic E-state index is -0.602. The van der Waals surface area contributed by atoms with E-state index < -0.39 is 6.10 Å². The van der Waals surface area contributed by atoms with Gasteiger partial charge in [0.25, 0.3) is 0 Å². The van der Waals surface area contributed by atoms with Crippen LogP contribution >= 0.6 is 0 Å². The van der Waals surface area contributed by atoms with Crippen LogP contribution in [-0.4, -0.2) is 37.4 Å². The Morgan fingerprint density at radius 2 is 2.13 bits per heavy atom. The lowest BCUT2D eigenvalue weighted by atomic mass is 10.1. The minimum absolute atomic E-state index is 0.0151. The van der Waals surface area contributed by atoms with Crippen molar-refractivity contribution in [1.29, 1.82) is 0 Å². The number of hydrogen-bond donors (Lipinski definition) is 2. The molecule has 15 heavy (non-hydrogen) atoms. The molecule has 0 fully saturated rings. The van der Waals surface area contributed by atoms with Crippen LogP contribution in [-0.2, 0) is 9.53 Å². The third-order valence-corrected chi connectivity index (χ3v) is 2.15. The molecule has 0 aromatic rings. The molecule has 1 unspecified atom stereocenters. The smallest absolute Gasteiger partial charge is 0.220 e. The van der Waals surface area contributed by atoms with E-state index in [9.17, 15) is 9.90 Å². The number of methoxy groups -OCH3 is 1. The minimum Gasteiger partial charge on any atom is -0.389 e. The lowest BCUT2D eigenvalue weighted by molar-refractivity contribution is -0.121. The average molecular weight is 217 g/mol. The van der Waals surface area contributed by atoms with Crippen molar-refractivity contribution in [3.05, 3.63) is 0 Å². The van der Waals surface area contributed by atoms with Crippen LogP contribution in [0, 0.1) is 0 Å². The van der Waals surface area contributed by atoms with E-state index in [0.29, 0.717) is 6.42 Å². The van der Waals surface area contributed by atoms with Crippen molar-refractivity contribution in [2.45, 2.75) is 45.1 Å². The highest BCUT2D eigenvalue weighted by Crippen LogP contribution is 2.01. The van der Waals surface area contributed by atoms with Gasteiger partial charge in [0.1, 0.15) is 0 Å². The molecule has 4 heteroatoms. The van der Waals surface area contributed by atoms with Gasteiger partial charge in [0.2, 0.25) is 5.91 Å². The number of carbonyl (C=O) groups excluding carboxylic acids is 1. The SMILES string of the molecule is CCCCCCC(=O)NCC(O)COC. The summed E-state index contributed by atoms with van der Waals surface area (Å²) in [6.45, 7) is 2.68. The standard InChI is InChI=1S/C11H23NO3/c1-3-4-5-6-7-11(14)12-8-10(13)9-15-2/h10,13H,3-9H2,1-2H3,(H,12,14). The fourth-order valence-electron chi connectivity index (χ4n) is 1.28. The van der Waals surface area contributed by atoms with Gasteiger partial charge in [0.15, 0.2) is 0 Å². The van der Waals surface area contributed by atoms with Crippen molar-refractivity contribution in [3.63, 3.8) is 0 Å². The van der Waals surface area contributed by atoms with Crippen molar-refractivity contribution in [1.82, 2.24) is 5.32 Å². The van der Waals surface area contributed by atoms with E-state index in [0.717, 1.165) is 12.8 Å². The molecule has 0 aliphatic rings. The van der Waals surface area contributed by atoms with Crippen LogP contribution in [0.3, 0.4) is 0 Å². The molecule has 1 atom stereocenters. The molecule has 90 valence electrons. The molecule has 0 saturated carbocycles. The summed E-state index contributed by atoms with van der Waals surface area (Å²) in [4.78, 5) is 11.3. The lowest BCUT2D eigenvalue weighted by Gasteiger charge is -2.10. The highest BCUT2D eigenvalue weighted by molar-refractivity contribution is 5.75. The molecule has 0 saturated heterocycles. The summed E-state index contributed by atoms with van der Waals surface area (Å²) in [5, 5.41) is 11.9. The first-order chi connectivity index (χ1) is 7.20. The van der Waals surface area contributed by atoms with E-state index in [-0.39, 0.29) is 19.1 Å². The number of nitrogens with one attached hydrogen (secondary N) is 1. The number of unbranched alkanes of at least 4 members (excludes halogenated alkanes) is 3. The zero-order valence-corrected chi connectivity index (χ0v) is 9.79. The maximum Gasteiger partial charge on any atom is 0.220 e. The molecule has 1 amide bonds. The number of ether oxygens (including phenoxy) is 1. The predicted octanol–water partition coefficient (Wildman–Crippen LogP) is 1.08. The Hall–Kier alpha value is -0.610. The summed E-state index contributed by atoms with van der Waals surface area (Å²) in [6.07, 6.45) is 4.34. The molecular weight excluding hydrogens is 194 g/mol. The Kier molecular flexibility index (Phi) is 9.52. The summed E-state index contributed by atoms with van der Waals surface area (Å²) in [6, 6.07) is 0. The summed E-state index contributed by atoms with van der Waals surface area (Å²) in [7, 11) is 1.52. The second-order valence-electron chi connectivity index (χ2n) is 3.72. The number of amides is 1. The molecule has 0 heterocycles. The fraction of sp³-hybridized carbons (Fsp3) is 0.909. The highest BCUT2D eigenvalue weighted by Gasteiger charge is 2.05. The van der Waals surface area contributed by atoms with Gasteiger partial charge in [-0.15, -0.1) is 0 Å². The van der Waals surface area contributed by atoms with Gasteiger partial charge in [0, 0.05) is 20.1 Å². The monoisotopic (exact) mass is 217 g/mol. The summed E-state index contributed by atoms with van der Waals surface area (Å²) in [5.74, 6) is 0.0151. The summed E-state index contributed by atoms with van der Waals surface area (Å²) in [5.41, 5.74) is 0. The quantitative estimate of drug-likeness (QED) is 0.568. The van der Waals surface area contributed by atoms with Crippen LogP contribution in [0.5, 0.6) is 0 Å². The van der Waals surface area contributed by atoms with Crippen LogP contribution < -0.4 is 5.32 Å². The first-order valence-electron chi connectivity index (χ1n) is 5.64. The maximum absolute atomic E-state index is 11.3. The molecule has 0 aromatic carbocycles. The Balaban J connectivity index is 3.32. The zero-order chi connectivity index (χ0) is 11.5. The topological polar surface area (TPSA) is 58.6 Å². The van der Waals surface area contributed by atoms with Crippen molar-refractivity contribution >= 4 is 5.91 Å². The van der Waals surface area contributed by atoms with Gasteiger partial charge in [-0.1, -0.05) is 26.2 Å². The Bertz CT molecular complexity index is 162. The number of rotatable bonds is 9. The number of hydrogen-bond acceptors (Lipinski definition) is 3. The predicted molar refractivity (Wildman–Crippen MR) is 59.7 cm³/mol. The number of aliphatic hydroxyl groups is 1. The highest BCUT2D eigenvalue weighted by atomic mass is 16.5. The normalized spacial score (nSPS) is 12.5. The zero-order valence-electron chi connectivity index (χ0n) is 9.79. The van der Waals surface area contributed by atoms with Crippen LogP contribution in [0.1, 0.15) is 39.0 Å². The van der Waals surface area contributed by atoms with E-state index in [2.05, 4.69) is 12.2 Å². The lowest BCUT2D eigenvalue weighted by Crippen LogP contribution is -2.34. The fourth-order valence-corrected chi connectivity index (χ4v) is 1.28. The van der Waals surface area contributed by atoms with Crippen molar-refractivity contribution in [2.75, 3.05) is 20.3 Å². The number of carbonyl (C=O) groups is 1. The number of aliphatic hydroxyl groups excluding tert-OH is 1. The van der Waals surface area contributed by atoms with E-state index in [4.69, 9.17) is 4.74 Å². The first-order valence-corrected chi connectivity index (χ1v) is 5.64. The molecule has 0 aromatic heterocycles. The van der Waals surface area contributed by atoms with Gasteiger partial charge in [0.05, 0.1) is 12.7 Å². The van der Waals surface area contributed by atoms with Crippen molar-refractivity contribution < 1.29 is 14.6 Å². The Morgan fingerprint density at radius 1 is 1.40 bits per heavy atom. The third-order valence-electron chi connectivity index (χ3n) is 2.15. The third kappa shape index (κ3) is 9.69. The van der Waals surface area contributed by atoms with Crippen molar-refractivity contribution in [2.24, 2.45) is 0 Å². The maximum atomic E-state index is 11.3. The van der Waals surface area contributed by atoms with E-state index in [1.54, 1.807) is 0 Å². The Labute approximate surface area is 92.0 Å². The van der Waals surface area contributed by atoms with Crippen molar-refractivity contribution in [3.8, 4) is 0 Å².